The number of rotatable bonds is 5. The van der Waals surface area contributed by atoms with Crippen LogP contribution in [0.2, 0.25) is 0 Å². The SMILES string of the molecule is O=S(=O)(/C=C/c1ccccc1)N1CC[NH+](Cc2cccc(F)c2F)CC1. The Balaban J connectivity index is 1.59. The lowest BCUT2D eigenvalue weighted by atomic mass is 10.2. The van der Waals surface area contributed by atoms with Crippen molar-refractivity contribution in [3.63, 3.8) is 0 Å². The second-order valence-corrected chi connectivity index (χ2v) is 8.12. The third-order valence-electron chi connectivity index (χ3n) is 4.49. The topological polar surface area (TPSA) is 41.8 Å². The second kappa shape index (κ2) is 8.07. The summed E-state index contributed by atoms with van der Waals surface area (Å²) in [5.74, 6) is -1.67. The normalized spacial score (nSPS) is 17.0. The van der Waals surface area contributed by atoms with E-state index in [4.69, 9.17) is 0 Å². The lowest BCUT2D eigenvalue weighted by molar-refractivity contribution is -0.917. The Morgan fingerprint density at radius 1 is 1.00 bits per heavy atom. The first-order chi connectivity index (χ1) is 12.5. The first-order valence-corrected chi connectivity index (χ1v) is 9.96. The van der Waals surface area contributed by atoms with Gasteiger partial charge in [0, 0.05) is 11.0 Å². The summed E-state index contributed by atoms with van der Waals surface area (Å²) in [5, 5.41) is 1.22. The molecule has 0 aliphatic carbocycles. The predicted octanol–water partition coefficient (Wildman–Crippen LogP) is 1.67. The average Bonchev–Trinajstić information content (AvgIpc) is 2.65. The monoisotopic (exact) mass is 379 g/mol. The maximum absolute atomic E-state index is 13.8. The molecule has 138 valence electrons. The molecule has 4 nitrogen and oxygen atoms in total. The van der Waals surface area contributed by atoms with Crippen LogP contribution in [-0.4, -0.2) is 38.9 Å². The molecule has 0 spiro atoms. The number of halogens is 2. The molecule has 1 heterocycles. The van der Waals surface area contributed by atoms with Gasteiger partial charge in [-0.2, -0.15) is 4.31 Å². The number of sulfonamides is 1. The Bertz CT molecular complexity index is 878. The van der Waals surface area contributed by atoms with E-state index >= 15 is 0 Å². The van der Waals surface area contributed by atoms with Gasteiger partial charge in [-0.25, -0.2) is 17.2 Å². The minimum Gasteiger partial charge on any atom is -0.329 e. The zero-order valence-corrected chi connectivity index (χ0v) is 15.1. The molecule has 1 fully saturated rings. The molecule has 0 atom stereocenters. The van der Waals surface area contributed by atoms with E-state index in [0.717, 1.165) is 16.5 Å². The van der Waals surface area contributed by atoms with Crippen molar-refractivity contribution in [2.75, 3.05) is 26.2 Å². The van der Waals surface area contributed by atoms with Crippen LogP contribution in [0.3, 0.4) is 0 Å². The highest BCUT2D eigenvalue weighted by Crippen LogP contribution is 2.11. The van der Waals surface area contributed by atoms with Gasteiger partial charge in [0.2, 0.25) is 10.0 Å². The average molecular weight is 379 g/mol. The van der Waals surface area contributed by atoms with Crippen molar-refractivity contribution in [2.45, 2.75) is 6.54 Å². The summed E-state index contributed by atoms with van der Waals surface area (Å²) < 4.78 is 53.4. The minimum atomic E-state index is -3.49. The fraction of sp³-hybridized carbons (Fsp3) is 0.263. The third-order valence-corrected chi connectivity index (χ3v) is 6.06. The van der Waals surface area contributed by atoms with Crippen LogP contribution in [0.5, 0.6) is 0 Å². The molecule has 0 radical (unpaired) electrons. The summed E-state index contributed by atoms with van der Waals surface area (Å²) in [7, 11) is -3.49. The molecule has 0 unspecified atom stereocenters. The molecule has 7 heteroatoms. The van der Waals surface area contributed by atoms with Gasteiger partial charge in [-0.05, 0) is 17.7 Å². The number of hydrogen-bond acceptors (Lipinski definition) is 2. The predicted molar refractivity (Wildman–Crippen MR) is 96.7 cm³/mol. The zero-order chi connectivity index (χ0) is 18.6. The van der Waals surface area contributed by atoms with Gasteiger partial charge in [-0.3, -0.25) is 0 Å². The van der Waals surface area contributed by atoms with Gasteiger partial charge in [0.1, 0.15) is 6.54 Å². The number of piperazine rings is 1. The van der Waals surface area contributed by atoms with Crippen molar-refractivity contribution in [1.29, 1.82) is 0 Å². The second-order valence-electron chi connectivity index (χ2n) is 6.30. The van der Waals surface area contributed by atoms with Gasteiger partial charge in [0.05, 0.1) is 26.2 Å². The molecule has 1 aliphatic heterocycles. The molecule has 2 aromatic rings. The fourth-order valence-corrected chi connectivity index (χ4v) is 4.20. The lowest BCUT2D eigenvalue weighted by Gasteiger charge is -2.30. The number of benzene rings is 2. The highest BCUT2D eigenvalue weighted by molar-refractivity contribution is 7.92. The van der Waals surface area contributed by atoms with Crippen molar-refractivity contribution < 1.29 is 22.1 Å². The van der Waals surface area contributed by atoms with Crippen molar-refractivity contribution in [3.05, 3.63) is 76.7 Å². The van der Waals surface area contributed by atoms with E-state index in [1.165, 1.54) is 15.8 Å². The largest absolute Gasteiger partial charge is 0.329 e. The summed E-state index contributed by atoms with van der Waals surface area (Å²) in [6, 6.07) is 13.4. The van der Waals surface area contributed by atoms with Gasteiger partial charge >= 0.3 is 0 Å². The Labute approximate surface area is 152 Å². The number of nitrogens with zero attached hydrogens (tertiary/aromatic N) is 1. The Morgan fingerprint density at radius 3 is 2.38 bits per heavy atom. The van der Waals surface area contributed by atoms with Crippen LogP contribution >= 0.6 is 0 Å². The van der Waals surface area contributed by atoms with Crippen LogP contribution in [0, 0.1) is 11.6 Å². The summed E-state index contributed by atoms with van der Waals surface area (Å²) >= 11 is 0. The van der Waals surface area contributed by atoms with Crippen LogP contribution in [0.25, 0.3) is 6.08 Å². The van der Waals surface area contributed by atoms with Crippen LogP contribution in [0.4, 0.5) is 8.78 Å². The van der Waals surface area contributed by atoms with E-state index in [0.29, 0.717) is 38.3 Å². The fourth-order valence-electron chi connectivity index (χ4n) is 3.00. The molecule has 1 saturated heterocycles. The smallest absolute Gasteiger partial charge is 0.236 e. The Morgan fingerprint density at radius 2 is 1.69 bits per heavy atom. The van der Waals surface area contributed by atoms with Crippen molar-refractivity contribution in [1.82, 2.24) is 4.31 Å². The lowest BCUT2D eigenvalue weighted by Crippen LogP contribution is -3.13. The number of quaternary nitrogens is 1. The molecule has 0 bridgehead atoms. The maximum atomic E-state index is 13.8. The van der Waals surface area contributed by atoms with Crippen LogP contribution in [0.1, 0.15) is 11.1 Å². The van der Waals surface area contributed by atoms with Gasteiger partial charge in [0.15, 0.2) is 11.6 Å². The molecular weight excluding hydrogens is 358 g/mol. The summed E-state index contributed by atoms with van der Waals surface area (Å²) in [5.41, 5.74) is 1.14. The van der Waals surface area contributed by atoms with Crippen molar-refractivity contribution in [2.24, 2.45) is 0 Å². The van der Waals surface area contributed by atoms with Gasteiger partial charge in [-0.15, -0.1) is 0 Å². The first-order valence-electron chi connectivity index (χ1n) is 8.45. The first kappa shape index (κ1) is 18.7. The van der Waals surface area contributed by atoms with E-state index in [9.17, 15) is 17.2 Å². The van der Waals surface area contributed by atoms with E-state index < -0.39 is 21.7 Å². The van der Waals surface area contributed by atoms with Gasteiger partial charge in [0.25, 0.3) is 0 Å². The number of hydrogen-bond donors (Lipinski definition) is 1. The molecule has 0 aromatic heterocycles. The summed E-state index contributed by atoms with van der Waals surface area (Å²) in [4.78, 5) is 1.04. The highest BCUT2D eigenvalue weighted by atomic mass is 32.2. The quantitative estimate of drug-likeness (QED) is 0.859. The van der Waals surface area contributed by atoms with Crippen molar-refractivity contribution in [3.8, 4) is 0 Å². The molecule has 3 rings (SSSR count). The van der Waals surface area contributed by atoms with E-state index in [1.54, 1.807) is 12.1 Å². The minimum absolute atomic E-state index is 0.320. The van der Waals surface area contributed by atoms with Crippen molar-refractivity contribution >= 4 is 16.1 Å². The van der Waals surface area contributed by atoms with Crippen LogP contribution in [0.15, 0.2) is 53.9 Å². The van der Waals surface area contributed by atoms with E-state index in [1.807, 2.05) is 30.3 Å². The highest BCUT2D eigenvalue weighted by Gasteiger charge is 2.28. The summed E-state index contributed by atoms with van der Waals surface area (Å²) in [6.45, 7) is 2.15. The van der Waals surface area contributed by atoms with Crippen LogP contribution < -0.4 is 4.90 Å². The number of nitrogens with one attached hydrogen (secondary N) is 1. The van der Waals surface area contributed by atoms with Gasteiger partial charge in [-0.1, -0.05) is 42.5 Å². The maximum Gasteiger partial charge on any atom is 0.236 e. The van der Waals surface area contributed by atoms with E-state index in [2.05, 4.69) is 0 Å². The Kier molecular flexibility index (Phi) is 5.80. The molecule has 2 aromatic carbocycles. The molecule has 0 amide bonds. The summed E-state index contributed by atoms with van der Waals surface area (Å²) in [6.07, 6.45) is 1.58. The Hall–Kier alpha value is -2.09. The van der Waals surface area contributed by atoms with Crippen LogP contribution in [-0.2, 0) is 16.6 Å². The standard InChI is InChI=1S/C19H20F2N2O2S/c20-18-8-4-7-17(19(18)21)15-22-10-12-23(13-11-22)26(24,25)14-9-16-5-2-1-3-6-16/h1-9,14H,10-13,15H2/p+1/b14-9+. The molecule has 1 N–H and O–H groups in total. The molecule has 26 heavy (non-hydrogen) atoms. The van der Waals surface area contributed by atoms with E-state index in [-0.39, 0.29) is 0 Å². The molecule has 1 aliphatic rings. The molecular formula is C19H21F2N2O2S+. The third kappa shape index (κ3) is 4.55. The van der Waals surface area contributed by atoms with Gasteiger partial charge < -0.3 is 4.90 Å². The zero-order valence-electron chi connectivity index (χ0n) is 14.2. The molecule has 0 saturated carbocycles.